The number of nitrogens with one attached hydrogen (secondary N) is 1. The van der Waals surface area contributed by atoms with Gasteiger partial charge in [0.05, 0.1) is 11.6 Å². The van der Waals surface area contributed by atoms with E-state index < -0.39 is 0 Å². The quantitative estimate of drug-likeness (QED) is 0.705. The lowest BCUT2D eigenvalue weighted by Crippen LogP contribution is -2.27. The number of ether oxygens (including phenoxy) is 1. The van der Waals surface area contributed by atoms with Gasteiger partial charge in [0.15, 0.2) is 6.61 Å². The van der Waals surface area contributed by atoms with Gasteiger partial charge in [-0.1, -0.05) is 41.0 Å². The zero-order valence-electron chi connectivity index (χ0n) is 14.4. The van der Waals surface area contributed by atoms with Crippen molar-refractivity contribution in [3.63, 3.8) is 0 Å². The van der Waals surface area contributed by atoms with Gasteiger partial charge in [-0.05, 0) is 36.8 Å². The number of carbonyl (C=O) groups is 1. The van der Waals surface area contributed by atoms with Gasteiger partial charge < -0.3 is 14.6 Å². The number of benzene rings is 2. The van der Waals surface area contributed by atoms with Crippen LogP contribution in [-0.4, -0.2) is 16.0 Å². The average Bonchev–Trinajstić information content (AvgIpc) is 3.05. The average molecular weight is 372 g/mol. The van der Waals surface area contributed by atoms with Gasteiger partial charge in [-0.3, -0.25) is 4.79 Å². The Labute approximate surface area is 156 Å². The van der Waals surface area contributed by atoms with E-state index in [4.69, 9.17) is 20.9 Å². The lowest BCUT2D eigenvalue weighted by atomic mass is 10.1. The summed E-state index contributed by atoms with van der Waals surface area (Å²) in [6.45, 7) is 3.72. The molecule has 3 rings (SSSR count). The Hall–Kier alpha value is -2.86. The van der Waals surface area contributed by atoms with Gasteiger partial charge in [0.1, 0.15) is 5.75 Å². The monoisotopic (exact) mass is 371 g/mol. The highest BCUT2D eigenvalue weighted by molar-refractivity contribution is 6.30. The van der Waals surface area contributed by atoms with E-state index in [1.165, 1.54) is 0 Å². The molecule has 0 spiro atoms. The highest BCUT2D eigenvalue weighted by Crippen LogP contribution is 2.22. The van der Waals surface area contributed by atoms with Gasteiger partial charge in [0, 0.05) is 11.9 Å². The Morgan fingerprint density at radius 2 is 2.08 bits per heavy atom. The maximum absolute atomic E-state index is 12.7. The molecule has 1 atom stereocenters. The van der Waals surface area contributed by atoms with Crippen molar-refractivity contribution in [1.29, 1.82) is 0 Å². The number of nitrogens with zero attached hydrogens (tertiary/aromatic N) is 2. The van der Waals surface area contributed by atoms with Crippen LogP contribution in [0.2, 0.25) is 5.02 Å². The SMILES string of the molecule is Cc1nc(COc2ccccc2C(=O)N[C@@H](C)c2cccc(Cl)c2)no1. The van der Waals surface area contributed by atoms with E-state index in [0.717, 1.165) is 5.56 Å². The number of carbonyl (C=O) groups excluding carboxylic acids is 1. The molecule has 0 unspecified atom stereocenters. The Kier molecular flexibility index (Phi) is 5.53. The van der Waals surface area contributed by atoms with Crippen LogP contribution in [0.1, 0.15) is 40.6 Å². The molecule has 0 aliphatic carbocycles. The third-order valence-corrected chi connectivity index (χ3v) is 3.99. The maximum atomic E-state index is 12.7. The number of halogens is 1. The van der Waals surface area contributed by atoms with Crippen LogP contribution in [0.4, 0.5) is 0 Å². The Balaban J connectivity index is 1.71. The number of hydrogen-bond donors (Lipinski definition) is 1. The number of hydrogen-bond acceptors (Lipinski definition) is 5. The number of aryl methyl sites for hydroxylation is 1. The van der Waals surface area contributed by atoms with E-state index in [0.29, 0.717) is 28.1 Å². The molecule has 0 aliphatic rings. The number of amides is 1. The molecule has 2 aromatic carbocycles. The topological polar surface area (TPSA) is 77.2 Å². The Bertz CT molecular complexity index is 910. The number of rotatable bonds is 6. The number of para-hydroxylation sites is 1. The van der Waals surface area contributed by atoms with Gasteiger partial charge in [-0.2, -0.15) is 4.98 Å². The molecule has 0 bridgehead atoms. The predicted molar refractivity (Wildman–Crippen MR) is 97.1 cm³/mol. The second-order valence-electron chi connectivity index (χ2n) is 5.76. The van der Waals surface area contributed by atoms with Gasteiger partial charge in [-0.25, -0.2) is 0 Å². The molecule has 1 N–H and O–H groups in total. The first kappa shape index (κ1) is 17.9. The van der Waals surface area contributed by atoms with Crippen LogP contribution in [0.15, 0.2) is 53.1 Å². The molecule has 26 heavy (non-hydrogen) atoms. The van der Waals surface area contributed by atoms with E-state index in [1.807, 2.05) is 25.1 Å². The standard InChI is InChI=1S/C19H18ClN3O3/c1-12(14-6-5-7-15(20)10-14)21-19(24)16-8-3-4-9-17(16)25-11-18-22-13(2)26-23-18/h3-10,12H,11H2,1-2H3,(H,21,24)/t12-/m0/s1. The van der Waals surface area contributed by atoms with Gasteiger partial charge in [0.2, 0.25) is 11.7 Å². The minimum atomic E-state index is -0.239. The molecule has 0 saturated carbocycles. The zero-order chi connectivity index (χ0) is 18.5. The van der Waals surface area contributed by atoms with Crippen molar-refractivity contribution in [1.82, 2.24) is 15.5 Å². The summed E-state index contributed by atoms with van der Waals surface area (Å²) >= 11 is 6.02. The van der Waals surface area contributed by atoms with Crippen molar-refractivity contribution in [2.75, 3.05) is 0 Å². The fourth-order valence-electron chi connectivity index (χ4n) is 2.46. The molecule has 3 aromatic rings. The summed E-state index contributed by atoms with van der Waals surface area (Å²) in [5.74, 6) is 1.10. The first-order valence-corrected chi connectivity index (χ1v) is 8.48. The van der Waals surface area contributed by atoms with Crippen molar-refractivity contribution in [3.05, 3.63) is 76.4 Å². The van der Waals surface area contributed by atoms with Crippen LogP contribution in [0, 0.1) is 6.92 Å². The van der Waals surface area contributed by atoms with E-state index in [1.54, 1.807) is 37.3 Å². The summed E-state index contributed by atoms with van der Waals surface area (Å²) in [5.41, 5.74) is 1.35. The molecule has 6 nitrogen and oxygen atoms in total. The highest BCUT2D eigenvalue weighted by atomic mass is 35.5. The smallest absolute Gasteiger partial charge is 0.255 e. The van der Waals surface area contributed by atoms with Crippen LogP contribution in [0.3, 0.4) is 0 Å². The molecule has 0 saturated heterocycles. The van der Waals surface area contributed by atoms with Crippen LogP contribution >= 0.6 is 11.6 Å². The highest BCUT2D eigenvalue weighted by Gasteiger charge is 2.16. The number of aromatic nitrogens is 2. The summed E-state index contributed by atoms with van der Waals surface area (Å²) in [6, 6.07) is 14.2. The molecule has 134 valence electrons. The summed E-state index contributed by atoms with van der Waals surface area (Å²) in [4.78, 5) is 16.8. The summed E-state index contributed by atoms with van der Waals surface area (Å²) in [5, 5.41) is 7.36. The molecule has 1 heterocycles. The fourth-order valence-corrected chi connectivity index (χ4v) is 2.65. The maximum Gasteiger partial charge on any atom is 0.255 e. The first-order chi connectivity index (χ1) is 12.5. The lowest BCUT2D eigenvalue weighted by molar-refractivity contribution is 0.0935. The second kappa shape index (κ2) is 8.01. The molecule has 0 aliphatic heterocycles. The van der Waals surface area contributed by atoms with Crippen LogP contribution in [-0.2, 0) is 6.61 Å². The largest absolute Gasteiger partial charge is 0.485 e. The molecule has 0 radical (unpaired) electrons. The molecular weight excluding hydrogens is 354 g/mol. The molecule has 0 fully saturated rings. The molecule has 7 heteroatoms. The van der Waals surface area contributed by atoms with E-state index >= 15 is 0 Å². The third kappa shape index (κ3) is 4.40. The molecular formula is C19H18ClN3O3. The Morgan fingerprint density at radius 3 is 2.81 bits per heavy atom. The predicted octanol–water partition coefficient (Wildman–Crippen LogP) is 4.10. The first-order valence-electron chi connectivity index (χ1n) is 8.10. The minimum absolute atomic E-state index is 0.117. The van der Waals surface area contributed by atoms with Gasteiger partial charge in [0.25, 0.3) is 5.91 Å². The summed E-state index contributed by atoms with van der Waals surface area (Å²) < 4.78 is 10.6. The van der Waals surface area contributed by atoms with Gasteiger partial charge >= 0.3 is 0 Å². The van der Waals surface area contributed by atoms with E-state index in [-0.39, 0.29) is 18.6 Å². The van der Waals surface area contributed by atoms with E-state index in [2.05, 4.69) is 15.5 Å². The zero-order valence-corrected chi connectivity index (χ0v) is 15.2. The lowest BCUT2D eigenvalue weighted by Gasteiger charge is -2.16. The third-order valence-electron chi connectivity index (χ3n) is 3.75. The second-order valence-corrected chi connectivity index (χ2v) is 6.20. The summed E-state index contributed by atoms with van der Waals surface area (Å²) in [6.07, 6.45) is 0. The van der Waals surface area contributed by atoms with Crippen LogP contribution in [0.5, 0.6) is 5.75 Å². The van der Waals surface area contributed by atoms with Gasteiger partial charge in [-0.15, -0.1) is 0 Å². The minimum Gasteiger partial charge on any atom is -0.485 e. The normalized spacial score (nSPS) is 11.8. The van der Waals surface area contributed by atoms with Crippen molar-refractivity contribution < 1.29 is 14.1 Å². The summed E-state index contributed by atoms with van der Waals surface area (Å²) in [7, 11) is 0. The van der Waals surface area contributed by atoms with Crippen LogP contribution < -0.4 is 10.1 Å². The molecule has 1 amide bonds. The fraction of sp³-hybridized carbons (Fsp3) is 0.211. The van der Waals surface area contributed by atoms with E-state index in [9.17, 15) is 4.79 Å². The van der Waals surface area contributed by atoms with Crippen molar-refractivity contribution in [2.45, 2.75) is 26.5 Å². The van der Waals surface area contributed by atoms with Crippen molar-refractivity contribution >= 4 is 17.5 Å². The van der Waals surface area contributed by atoms with Crippen molar-refractivity contribution in [3.8, 4) is 5.75 Å². The van der Waals surface area contributed by atoms with Crippen molar-refractivity contribution in [2.24, 2.45) is 0 Å². The Morgan fingerprint density at radius 1 is 1.27 bits per heavy atom. The molecule has 1 aromatic heterocycles. The van der Waals surface area contributed by atoms with Crippen LogP contribution in [0.25, 0.3) is 0 Å².